The minimum Gasteiger partial charge on any atom is -0.351 e. The molecule has 1 aromatic carbocycles. The van der Waals surface area contributed by atoms with Gasteiger partial charge in [-0.2, -0.15) is 0 Å². The Morgan fingerprint density at radius 3 is 2.60 bits per heavy atom. The molecule has 2 aromatic rings. The highest BCUT2D eigenvalue weighted by Gasteiger charge is 2.25. The van der Waals surface area contributed by atoms with Crippen molar-refractivity contribution in [3.05, 3.63) is 52.4 Å². The van der Waals surface area contributed by atoms with Crippen LogP contribution in [0.3, 0.4) is 0 Å². The van der Waals surface area contributed by atoms with E-state index < -0.39 is 11.6 Å². The molecule has 0 atom stereocenters. The zero-order valence-electron chi connectivity index (χ0n) is 13.7. The van der Waals surface area contributed by atoms with Crippen LogP contribution in [0.2, 0.25) is 5.02 Å². The molecule has 0 saturated carbocycles. The molecule has 1 aliphatic rings. The molecule has 1 aromatic heterocycles. The Bertz CT molecular complexity index is 774. The molecule has 0 spiro atoms. The molecule has 1 fully saturated rings. The van der Waals surface area contributed by atoms with E-state index >= 15 is 0 Å². The zero-order valence-corrected chi connectivity index (χ0v) is 14.4. The molecule has 5 nitrogen and oxygen atoms in total. The van der Waals surface area contributed by atoms with Crippen LogP contribution >= 0.6 is 11.6 Å². The third-order valence-electron chi connectivity index (χ3n) is 4.27. The van der Waals surface area contributed by atoms with Crippen LogP contribution in [-0.2, 0) is 11.2 Å². The number of carbonyl (C=O) groups is 1. The largest absolute Gasteiger partial charge is 0.351 e. The lowest BCUT2D eigenvalue weighted by atomic mass is 10.1. The van der Waals surface area contributed by atoms with Crippen molar-refractivity contribution in [2.75, 3.05) is 31.1 Å². The summed E-state index contributed by atoms with van der Waals surface area (Å²) in [6, 6.07) is 4.35. The van der Waals surface area contributed by atoms with Crippen LogP contribution < -0.4 is 4.90 Å². The summed E-state index contributed by atoms with van der Waals surface area (Å²) in [6.45, 7) is 3.30. The molecule has 0 unspecified atom stereocenters. The first-order valence-corrected chi connectivity index (χ1v) is 8.28. The Labute approximate surface area is 149 Å². The van der Waals surface area contributed by atoms with Crippen LogP contribution in [0.25, 0.3) is 0 Å². The Kier molecular flexibility index (Phi) is 5.13. The third kappa shape index (κ3) is 3.71. The van der Waals surface area contributed by atoms with Gasteiger partial charge >= 0.3 is 0 Å². The molecular weight excluding hydrogens is 350 g/mol. The highest BCUT2D eigenvalue weighted by Crippen LogP contribution is 2.22. The van der Waals surface area contributed by atoms with Crippen molar-refractivity contribution in [1.29, 1.82) is 0 Å². The van der Waals surface area contributed by atoms with Crippen LogP contribution in [-0.4, -0.2) is 47.0 Å². The van der Waals surface area contributed by atoms with E-state index in [1.54, 1.807) is 22.8 Å². The number of halogens is 3. The summed E-state index contributed by atoms with van der Waals surface area (Å²) in [7, 11) is 0. The maximum absolute atomic E-state index is 14.1. The highest BCUT2D eigenvalue weighted by atomic mass is 35.5. The van der Waals surface area contributed by atoms with Crippen molar-refractivity contribution in [3.8, 4) is 0 Å². The van der Waals surface area contributed by atoms with E-state index in [1.807, 2.05) is 0 Å². The van der Waals surface area contributed by atoms with Gasteiger partial charge < -0.3 is 9.80 Å². The van der Waals surface area contributed by atoms with E-state index in [1.165, 1.54) is 18.5 Å². The molecule has 0 N–H and O–H groups in total. The second kappa shape index (κ2) is 7.31. The number of hydrogen-bond donors (Lipinski definition) is 0. The maximum atomic E-state index is 14.1. The number of aryl methyl sites for hydroxylation is 1. The summed E-state index contributed by atoms with van der Waals surface area (Å²) in [6.07, 6.45) is 1.23. The van der Waals surface area contributed by atoms with Gasteiger partial charge in [0.25, 0.3) is 0 Å². The average Bonchev–Trinajstić information content (AvgIpc) is 2.61. The van der Waals surface area contributed by atoms with Crippen LogP contribution in [0.15, 0.2) is 24.5 Å². The Balaban J connectivity index is 1.64. The minimum atomic E-state index is -0.488. The summed E-state index contributed by atoms with van der Waals surface area (Å²) < 4.78 is 27.9. The lowest BCUT2D eigenvalue weighted by molar-refractivity contribution is -0.130. The number of rotatable bonds is 3. The average molecular weight is 367 g/mol. The van der Waals surface area contributed by atoms with Gasteiger partial charge in [-0.25, -0.2) is 18.7 Å². The molecule has 1 amide bonds. The SMILES string of the molecule is Cc1ncnc(N2CCN(C(=O)Cc3c(F)cccc3Cl)CC2)c1F. The van der Waals surface area contributed by atoms with E-state index in [9.17, 15) is 13.6 Å². The molecule has 0 bridgehead atoms. The quantitative estimate of drug-likeness (QED) is 0.838. The lowest BCUT2D eigenvalue weighted by Crippen LogP contribution is -2.49. The lowest BCUT2D eigenvalue weighted by Gasteiger charge is -2.35. The Hall–Kier alpha value is -2.28. The van der Waals surface area contributed by atoms with Crippen molar-refractivity contribution in [3.63, 3.8) is 0 Å². The van der Waals surface area contributed by atoms with Crippen molar-refractivity contribution >= 4 is 23.3 Å². The predicted octanol–water partition coefficient (Wildman–Crippen LogP) is 2.61. The maximum Gasteiger partial charge on any atom is 0.227 e. The molecule has 1 saturated heterocycles. The van der Waals surface area contributed by atoms with Gasteiger partial charge in [0.1, 0.15) is 12.1 Å². The molecule has 132 valence electrons. The highest BCUT2D eigenvalue weighted by molar-refractivity contribution is 6.31. The molecule has 1 aliphatic heterocycles. The number of carbonyl (C=O) groups excluding carboxylic acids is 1. The molecule has 2 heterocycles. The first kappa shape index (κ1) is 17.5. The molecule has 0 radical (unpaired) electrons. The summed E-state index contributed by atoms with van der Waals surface area (Å²) in [5.41, 5.74) is 0.492. The summed E-state index contributed by atoms with van der Waals surface area (Å²) in [5.74, 6) is -0.888. The van der Waals surface area contributed by atoms with Gasteiger partial charge in [-0.05, 0) is 19.1 Å². The van der Waals surface area contributed by atoms with E-state index in [0.717, 1.165) is 0 Å². The minimum absolute atomic E-state index is 0.0908. The topological polar surface area (TPSA) is 49.3 Å². The van der Waals surface area contributed by atoms with Crippen LogP contribution in [0.1, 0.15) is 11.3 Å². The van der Waals surface area contributed by atoms with Crippen molar-refractivity contribution < 1.29 is 13.6 Å². The fraction of sp³-hybridized carbons (Fsp3) is 0.353. The normalized spacial score (nSPS) is 14.7. The third-order valence-corrected chi connectivity index (χ3v) is 4.62. The molecule has 0 aliphatic carbocycles. The summed E-state index contributed by atoms with van der Waals surface area (Å²) in [4.78, 5) is 23.6. The predicted molar refractivity (Wildman–Crippen MR) is 90.6 cm³/mol. The number of amides is 1. The van der Waals surface area contributed by atoms with E-state index in [2.05, 4.69) is 9.97 Å². The van der Waals surface area contributed by atoms with Gasteiger partial charge in [0.2, 0.25) is 5.91 Å². The first-order valence-electron chi connectivity index (χ1n) is 7.90. The number of piperazine rings is 1. The van der Waals surface area contributed by atoms with Gasteiger partial charge in [-0.3, -0.25) is 4.79 Å². The molecular formula is C17H17ClF2N4O. The first-order chi connectivity index (χ1) is 12.0. The van der Waals surface area contributed by atoms with Crippen molar-refractivity contribution in [2.24, 2.45) is 0 Å². The number of anilines is 1. The fourth-order valence-corrected chi connectivity index (χ4v) is 3.03. The zero-order chi connectivity index (χ0) is 18.0. The van der Waals surface area contributed by atoms with Gasteiger partial charge in [0.15, 0.2) is 11.6 Å². The second-order valence-electron chi connectivity index (χ2n) is 5.84. The molecule has 3 rings (SSSR count). The van der Waals surface area contributed by atoms with Crippen LogP contribution in [0, 0.1) is 18.6 Å². The number of aromatic nitrogens is 2. The van der Waals surface area contributed by atoms with Crippen LogP contribution in [0.5, 0.6) is 0 Å². The van der Waals surface area contributed by atoms with Crippen LogP contribution in [0.4, 0.5) is 14.6 Å². The van der Waals surface area contributed by atoms with Gasteiger partial charge in [0.05, 0.1) is 12.1 Å². The van der Waals surface area contributed by atoms with Gasteiger partial charge in [-0.1, -0.05) is 17.7 Å². The fourth-order valence-electron chi connectivity index (χ4n) is 2.80. The Morgan fingerprint density at radius 1 is 1.20 bits per heavy atom. The Morgan fingerprint density at radius 2 is 1.92 bits per heavy atom. The van der Waals surface area contributed by atoms with Crippen molar-refractivity contribution in [2.45, 2.75) is 13.3 Å². The van der Waals surface area contributed by atoms with Gasteiger partial charge in [0, 0.05) is 36.8 Å². The molecule has 8 heteroatoms. The molecule has 25 heavy (non-hydrogen) atoms. The van der Waals surface area contributed by atoms with E-state index in [4.69, 9.17) is 11.6 Å². The standard InChI is InChI=1S/C17H17ClF2N4O/c1-11-16(20)17(22-10-21-11)24-7-5-23(6-8-24)15(25)9-12-13(18)3-2-4-14(12)19/h2-4,10H,5-9H2,1H3. The smallest absolute Gasteiger partial charge is 0.227 e. The number of hydrogen-bond acceptors (Lipinski definition) is 4. The summed E-state index contributed by atoms with van der Waals surface area (Å²) >= 11 is 5.97. The second-order valence-corrected chi connectivity index (χ2v) is 6.25. The van der Waals surface area contributed by atoms with E-state index in [0.29, 0.717) is 26.2 Å². The van der Waals surface area contributed by atoms with Crippen molar-refractivity contribution in [1.82, 2.24) is 14.9 Å². The van der Waals surface area contributed by atoms with E-state index in [-0.39, 0.29) is 34.4 Å². The summed E-state index contributed by atoms with van der Waals surface area (Å²) in [5, 5.41) is 0.241. The van der Waals surface area contributed by atoms with Gasteiger partial charge in [-0.15, -0.1) is 0 Å². The number of benzene rings is 1. The number of nitrogens with zero attached hydrogens (tertiary/aromatic N) is 4. The monoisotopic (exact) mass is 366 g/mol.